The summed E-state index contributed by atoms with van der Waals surface area (Å²) in [5.41, 5.74) is 5.36. The standard InChI is InChI=1S/C5H13N3S.ClH/c1-4-8(5(6)9)7(2)3;/h4H2,1-3H3,(H2,6,9);1H. The Bertz CT molecular complexity index is 107. The van der Waals surface area contributed by atoms with Gasteiger partial charge in [-0.2, -0.15) is 0 Å². The molecule has 0 rings (SSSR count). The summed E-state index contributed by atoms with van der Waals surface area (Å²) in [6.45, 7) is 2.82. The molecular weight excluding hydrogens is 170 g/mol. The maximum absolute atomic E-state index is 5.36. The molecule has 3 nitrogen and oxygen atoms in total. The van der Waals surface area contributed by atoms with E-state index in [2.05, 4.69) is 0 Å². The maximum atomic E-state index is 5.36. The molecule has 0 atom stereocenters. The minimum Gasteiger partial charge on any atom is -0.375 e. The van der Waals surface area contributed by atoms with Crippen molar-refractivity contribution < 1.29 is 0 Å². The second-order valence-corrected chi connectivity index (χ2v) is 2.32. The van der Waals surface area contributed by atoms with Crippen molar-refractivity contribution >= 4 is 29.7 Å². The van der Waals surface area contributed by atoms with Crippen molar-refractivity contribution in [3.63, 3.8) is 0 Å². The fourth-order valence-electron chi connectivity index (χ4n) is 0.636. The highest BCUT2D eigenvalue weighted by Crippen LogP contribution is 1.88. The Morgan fingerprint density at radius 1 is 1.50 bits per heavy atom. The lowest BCUT2D eigenvalue weighted by molar-refractivity contribution is 0.119. The SMILES string of the molecule is CCN(C(N)=S)N(C)C.Cl. The van der Waals surface area contributed by atoms with E-state index in [4.69, 9.17) is 18.0 Å². The molecule has 0 aromatic carbocycles. The number of rotatable bonds is 2. The van der Waals surface area contributed by atoms with Crippen LogP contribution in [0.5, 0.6) is 0 Å². The molecule has 0 spiro atoms. The molecule has 10 heavy (non-hydrogen) atoms. The second-order valence-electron chi connectivity index (χ2n) is 1.90. The summed E-state index contributed by atoms with van der Waals surface area (Å²) < 4.78 is 0. The first kappa shape index (κ1) is 12.6. The van der Waals surface area contributed by atoms with Crippen LogP contribution < -0.4 is 5.73 Å². The van der Waals surface area contributed by atoms with E-state index in [9.17, 15) is 0 Å². The van der Waals surface area contributed by atoms with Gasteiger partial charge in [0.15, 0.2) is 5.11 Å². The molecule has 0 saturated heterocycles. The molecule has 0 aromatic heterocycles. The zero-order valence-electron chi connectivity index (χ0n) is 6.50. The van der Waals surface area contributed by atoms with Crippen LogP contribution in [0, 0.1) is 0 Å². The predicted molar refractivity (Wildman–Crippen MR) is 50.1 cm³/mol. The first-order valence-corrected chi connectivity index (χ1v) is 3.24. The van der Waals surface area contributed by atoms with Gasteiger partial charge >= 0.3 is 0 Å². The summed E-state index contributed by atoms with van der Waals surface area (Å²) in [7, 11) is 3.81. The van der Waals surface area contributed by atoms with Gasteiger partial charge in [0, 0.05) is 20.6 Å². The van der Waals surface area contributed by atoms with Crippen molar-refractivity contribution in [1.82, 2.24) is 10.0 Å². The lowest BCUT2D eigenvalue weighted by Crippen LogP contribution is -2.44. The molecule has 0 saturated carbocycles. The van der Waals surface area contributed by atoms with Crippen molar-refractivity contribution in [3.8, 4) is 0 Å². The van der Waals surface area contributed by atoms with Crippen LogP contribution in [0.4, 0.5) is 0 Å². The quantitative estimate of drug-likeness (QED) is 0.498. The molecule has 0 fully saturated rings. The van der Waals surface area contributed by atoms with Gasteiger partial charge in [-0.1, -0.05) is 0 Å². The Balaban J connectivity index is 0. The third-order valence-electron chi connectivity index (χ3n) is 1.04. The molecule has 2 N–H and O–H groups in total. The van der Waals surface area contributed by atoms with E-state index in [1.165, 1.54) is 0 Å². The molecule has 0 aliphatic carbocycles. The number of hydrogen-bond acceptors (Lipinski definition) is 2. The molecule has 0 aromatic rings. The van der Waals surface area contributed by atoms with Crippen LogP contribution in [-0.4, -0.2) is 35.8 Å². The highest BCUT2D eigenvalue weighted by atomic mass is 35.5. The average Bonchev–Trinajstić information content (AvgIpc) is 1.64. The van der Waals surface area contributed by atoms with E-state index in [-0.39, 0.29) is 12.4 Å². The van der Waals surface area contributed by atoms with Crippen LogP contribution in [0.2, 0.25) is 0 Å². The minimum absolute atomic E-state index is 0. The van der Waals surface area contributed by atoms with Crippen molar-refractivity contribution in [2.24, 2.45) is 5.73 Å². The first-order valence-electron chi connectivity index (χ1n) is 2.83. The molecule has 0 aliphatic rings. The van der Waals surface area contributed by atoms with Gasteiger partial charge in [0.1, 0.15) is 0 Å². The molecular formula is C5H14ClN3S. The van der Waals surface area contributed by atoms with Gasteiger partial charge in [-0.15, -0.1) is 12.4 Å². The molecule has 5 heteroatoms. The first-order chi connectivity index (χ1) is 4.09. The number of hydrazine groups is 1. The van der Waals surface area contributed by atoms with Crippen LogP contribution in [0.1, 0.15) is 6.92 Å². The van der Waals surface area contributed by atoms with Crippen molar-refractivity contribution in [2.75, 3.05) is 20.6 Å². The Labute approximate surface area is 73.5 Å². The molecule has 0 heterocycles. The summed E-state index contributed by atoms with van der Waals surface area (Å²) >= 11 is 4.75. The lowest BCUT2D eigenvalue weighted by Gasteiger charge is -2.27. The van der Waals surface area contributed by atoms with E-state index in [1.807, 2.05) is 26.0 Å². The molecule has 0 unspecified atom stereocenters. The normalized spacial score (nSPS) is 8.80. The van der Waals surface area contributed by atoms with Crippen LogP contribution in [-0.2, 0) is 0 Å². The Morgan fingerprint density at radius 3 is 1.90 bits per heavy atom. The number of nitrogens with zero attached hydrogens (tertiary/aromatic N) is 2. The van der Waals surface area contributed by atoms with Gasteiger partial charge in [-0.3, -0.25) is 5.01 Å². The largest absolute Gasteiger partial charge is 0.375 e. The third-order valence-corrected chi connectivity index (χ3v) is 1.25. The molecule has 62 valence electrons. The van der Waals surface area contributed by atoms with E-state index < -0.39 is 0 Å². The summed E-state index contributed by atoms with van der Waals surface area (Å²) in [4.78, 5) is 0. The highest BCUT2D eigenvalue weighted by molar-refractivity contribution is 7.80. The van der Waals surface area contributed by atoms with Gasteiger partial charge in [0.2, 0.25) is 0 Å². The maximum Gasteiger partial charge on any atom is 0.180 e. The van der Waals surface area contributed by atoms with Crippen LogP contribution in [0.15, 0.2) is 0 Å². The summed E-state index contributed by atoms with van der Waals surface area (Å²) in [6, 6.07) is 0. The van der Waals surface area contributed by atoms with Gasteiger partial charge in [0.05, 0.1) is 0 Å². The van der Waals surface area contributed by atoms with Crippen molar-refractivity contribution in [3.05, 3.63) is 0 Å². The highest BCUT2D eigenvalue weighted by Gasteiger charge is 2.03. The fraction of sp³-hybridized carbons (Fsp3) is 0.800. The Hall–Kier alpha value is -0.0600. The van der Waals surface area contributed by atoms with E-state index in [1.54, 1.807) is 5.01 Å². The van der Waals surface area contributed by atoms with Crippen LogP contribution in [0.25, 0.3) is 0 Å². The predicted octanol–water partition coefficient (Wildman–Crippen LogP) is 0.450. The summed E-state index contributed by atoms with van der Waals surface area (Å²) in [6.07, 6.45) is 0. The van der Waals surface area contributed by atoms with Gasteiger partial charge in [-0.25, -0.2) is 5.01 Å². The average molecular weight is 184 g/mol. The second kappa shape index (κ2) is 5.70. The summed E-state index contributed by atoms with van der Waals surface area (Å²) in [5, 5.41) is 4.08. The topological polar surface area (TPSA) is 32.5 Å². The third kappa shape index (κ3) is 3.87. The van der Waals surface area contributed by atoms with Crippen LogP contribution >= 0.6 is 24.6 Å². The van der Waals surface area contributed by atoms with E-state index >= 15 is 0 Å². The zero-order valence-corrected chi connectivity index (χ0v) is 8.13. The minimum atomic E-state index is 0. The monoisotopic (exact) mass is 183 g/mol. The lowest BCUT2D eigenvalue weighted by atomic mass is 10.7. The van der Waals surface area contributed by atoms with E-state index in [0.717, 1.165) is 6.54 Å². The zero-order chi connectivity index (χ0) is 7.44. The number of hydrogen-bond donors (Lipinski definition) is 1. The van der Waals surface area contributed by atoms with Crippen molar-refractivity contribution in [1.29, 1.82) is 0 Å². The Kier molecular flexibility index (Phi) is 7.19. The summed E-state index contributed by atoms with van der Waals surface area (Å²) in [5.74, 6) is 0. The van der Waals surface area contributed by atoms with Crippen molar-refractivity contribution in [2.45, 2.75) is 6.92 Å². The number of thiocarbonyl (C=S) groups is 1. The molecule has 0 bridgehead atoms. The van der Waals surface area contributed by atoms with Gasteiger partial charge in [-0.05, 0) is 19.1 Å². The molecule has 0 radical (unpaired) electrons. The number of nitrogens with two attached hydrogens (primary N) is 1. The smallest absolute Gasteiger partial charge is 0.180 e. The van der Waals surface area contributed by atoms with E-state index in [0.29, 0.717) is 5.11 Å². The molecule has 0 aliphatic heterocycles. The van der Waals surface area contributed by atoms with Crippen LogP contribution in [0.3, 0.4) is 0 Å². The Morgan fingerprint density at radius 2 is 1.90 bits per heavy atom. The van der Waals surface area contributed by atoms with Gasteiger partial charge in [0.25, 0.3) is 0 Å². The molecule has 0 amide bonds. The fourth-order valence-corrected chi connectivity index (χ4v) is 0.928. The van der Waals surface area contributed by atoms with Gasteiger partial charge < -0.3 is 5.73 Å². The number of halogens is 1.